The van der Waals surface area contributed by atoms with Gasteiger partial charge in [-0.3, -0.25) is 9.88 Å². The number of hydrogen-bond acceptors (Lipinski definition) is 3. The van der Waals surface area contributed by atoms with Crippen molar-refractivity contribution in [3.05, 3.63) is 30.1 Å². The zero-order valence-corrected chi connectivity index (χ0v) is 10.8. The van der Waals surface area contributed by atoms with Gasteiger partial charge in [-0.05, 0) is 31.9 Å². The number of pyridine rings is 1. The minimum absolute atomic E-state index is 0.0281. The molecule has 3 nitrogen and oxygen atoms in total. The van der Waals surface area contributed by atoms with Crippen LogP contribution in [0.3, 0.4) is 0 Å². The highest BCUT2D eigenvalue weighted by molar-refractivity contribution is 5.12. The first kappa shape index (κ1) is 14.3. The summed E-state index contributed by atoms with van der Waals surface area (Å²) in [4.78, 5) is 5.62. The molecule has 2 N–H and O–H groups in total. The molecule has 19 heavy (non-hydrogen) atoms. The van der Waals surface area contributed by atoms with E-state index in [0.29, 0.717) is 5.69 Å². The zero-order valence-electron chi connectivity index (χ0n) is 10.8. The van der Waals surface area contributed by atoms with Crippen LogP contribution in [0.5, 0.6) is 0 Å². The van der Waals surface area contributed by atoms with Crippen LogP contribution in [0.1, 0.15) is 31.5 Å². The van der Waals surface area contributed by atoms with Crippen LogP contribution in [0, 0.1) is 0 Å². The monoisotopic (exact) mass is 273 g/mol. The molecule has 0 aliphatic heterocycles. The quantitative estimate of drug-likeness (QED) is 0.896. The van der Waals surface area contributed by atoms with Crippen LogP contribution >= 0.6 is 0 Å². The first-order chi connectivity index (χ1) is 8.88. The summed E-state index contributed by atoms with van der Waals surface area (Å²) in [6.45, 7) is 0.797. The SMILES string of the molecule is CC(N)C(c1ccccn1)N(CC(F)(F)F)C1CC1. The summed E-state index contributed by atoms with van der Waals surface area (Å²) >= 11 is 0. The zero-order chi connectivity index (χ0) is 14.0. The second-order valence-electron chi connectivity index (χ2n) is 5.08. The van der Waals surface area contributed by atoms with Gasteiger partial charge in [-0.25, -0.2) is 0 Å². The second-order valence-corrected chi connectivity index (χ2v) is 5.08. The van der Waals surface area contributed by atoms with Crippen molar-refractivity contribution in [2.24, 2.45) is 5.73 Å². The van der Waals surface area contributed by atoms with E-state index in [4.69, 9.17) is 5.73 Å². The third kappa shape index (κ3) is 3.91. The van der Waals surface area contributed by atoms with E-state index in [1.807, 2.05) is 0 Å². The van der Waals surface area contributed by atoms with Gasteiger partial charge in [-0.1, -0.05) is 6.07 Å². The highest BCUT2D eigenvalue weighted by Gasteiger charge is 2.43. The molecule has 1 aliphatic carbocycles. The smallest absolute Gasteiger partial charge is 0.326 e. The van der Waals surface area contributed by atoms with E-state index in [1.165, 1.54) is 4.90 Å². The average Bonchev–Trinajstić information content (AvgIpc) is 3.11. The van der Waals surface area contributed by atoms with E-state index in [0.717, 1.165) is 12.8 Å². The highest BCUT2D eigenvalue weighted by atomic mass is 19.4. The van der Waals surface area contributed by atoms with E-state index in [-0.39, 0.29) is 6.04 Å². The summed E-state index contributed by atoms with van der Waals surface area (Å²) in [7, 11) is 0. The van der Waals surface area contributed by atoms with Crippen molar-refractivity contribution in [1.29, 1.82) is 0 Å². The standard InChI is InChI=1S/C13H18F3N3/c1-9(17)12(11-4-2-3-7-18-11)19(10-5-6-10)8-13(14,15)16/h2-4,7,9-10,12H,5-6,8,17H2,1H3. The fraction of sp³-hybridized carbons (Fsp3) is 0.615. The van der Waals surface area contributed by atoms with Gasteiger partial charge in [0.15, 0.2) is 0 Å². The molecule has 0 spiro atoms. The Hall–Kier alpha value is -1.14. The van der Waals surface area contributed by atoms with E-state index in [2.05, 4.69) is 4.98 Å². The van der Waals surface area contributed by atoms with Crippen molar-refractivity contribution in [3.63, 3.8) is 0 Å². The fourth-order valence-corrected chi connectivity index (χ4v) is 2.36. The molecule has 2 atom stereocenters. The van der Waals surface area contributed by atoms with Gasteiger partial charge in [-0.15, -0.1) is 0 Å². The molecule has 0 aromatic carbocycles. The van der Waals surface area contributed by atoms with Gasteiger partial charge in [0.1, 0.15) is 0 Å². The molecule has 1 aromatic heterocycles. The number of hydrogen-bond donors (Lipinski definition) is 1. The van der Waals surface area contributed by atoms with E-state index in [1.54, 1.807) is 31.3 Å². The Bertz CT molecular complexity index is 401. The van der Waals surface area contributed by atoms with Gasteiger partial charge in [0, 0.05) is 18.3 Å². The fourth-order valence-electron chi connectivity index (χ4n) is 2.36. The Morgan fingerprint density at radius 2 is 2.11 bits per heavy atom. The molecule has 2 unspecified atom stereocenters. The molecule has 1 aromatic rings. The Morgan fingerprint density at radius 3 is 2.53 bits per heavy atom. The van der Waals surface area contributed by atoms with Gasteiger partial charge >= 0.3 is 6.18 Å². The summed E-state index contributed by atoms with van der Waals surface area (Å²) in [6, 6.07) is 4.33. The van der Waals surface area contributed by atoms with Crippen LogP contribution in [0.4, 0.5) is 13.2 Å². The minimum atomic E-state index is -4.22. The average molecular weight is 273 g/mol. The maximum absolute atomic E-state index is 12.7. The molecular formula is C13H18F3N3. The molecule has 6 heteroatoms. The first-order valence-corrected chi connectivity index (χ1v) is 6.37. The highest BCUT2D eigenvalue weighted by Crippen LogP contribution is 2.37. The number of rotatable bonds is 5. The number of nitrogens with zero attached hydrogens (tertiary/aromatic N) is 2. The maximum Gasteiger partial charge on any atom is 0.401 e. The molecule has 0 radical (unpaired) electrons. The molecule has 0 amide bonds. The summed E-state index contributed by atoms with van der Waals surface area (Å²) < 4.78 is 38.2. The Kier molecular flexibility index (Phi) is 4.10. The number of nitrogens with two attached hydrogens (primary N) is 1. The van der Waals surface area contributed by atoms with Crippen LogP contribution in [-0.4, -0.2) is 34.7 Å². The number of aromatic nitrogens is 1. The molecular weight excluding hydrogens is 255 g/mol. The van der Waals surface area contributed by atoms with Crippen LogP contribution in [0.15, 0.2) is 24.4 Å². The molecule has 106 valence electrons. The summed E-state index contributed by atoms with van der Waals surface area (Å²) in [5, 5.41) is 0. The second kappa shape index (κ2) is 5.46. The van der Waals surface area contributed by atoms with Crippen molar-refractivity contribution >= 4 is 0 Å². The number of alkyl halides is 3. The van der Waals surface area contributed by atoms with Crippen LogP contribution in [0.25, 0.3) is 0 Å². The molecule has 0 bridgehead atoms. The maximum atomic E-state index is 12.7. The topological polar surface area (TPSA) is 42.1 Å². The van der Waals surface area contributed by atoms with Gasteiger partial charge in [0.25, 0.3) is 0 Å². The molecule has 1 fully saturated rings. The third-order valence-electron chi connectivity index (χ3n) is 3.22. The summed E-state index contributed by atoms with van der Waals surface area (Å²) in [5.74, 6) is 0. The molecule has 1 heterocycles. The van der Waals surface area contributed by atoms with Gasteiger partial charge in [0.05, 0.1) is 18.3 Å². The predicted octanol–water partition coefficient (Wildman–Crippen LogP) is 2.50. The summed E-state index contributed by atoms with van der Waals surface area (Å²) in [5.41, 5.74) is 6.51. The lowest BCUT2D eigenvalue weighted by Gasteiger charge is -2.34. The van der Waals surface area contributed by atoms with E-state index >= 15 is 0 Å². The lowest BCUT2D eigenvalue weighted by Crippen LogP contribution is -2.45. The Labute approximate surface area is 110 Å². The predicted molar refractivity (Wildman–Crippen MR) is 66.4 cm³/mol. The lowest BCUT2D eigenvalue weighted by atomic mass is 10.0. The Balaban J connectivity index is 2.25. The lowest BCUT2D eigenvalue weighted by molar-refractivity contribution is -0.153. The largest absolute Gasteiger partial charge is 0.401 e. The van der Waals surface area contributed by atoms with Crippen LogP contribution < -0.4 is 5.73 Å². The van der Waals surface area contributed by atoms with Gasteiger partial charge in [-0.2, -0.15) is 13.2 Å². The van der Waals surface area contributed by atoms with E-state index < -0.39 is 24.8 Å². The van der Waals surface area contributed by atoms with E-state index in [9.17, 15) is 13.2 Å². The first-order valence-electron chi connectivity index (χ1n) is 6.37. The molecule has 2 rings (SSSR count). The van der Waals surface area contributed by atoms with Gasteiger partial charge in [0.2, 0.25) is 0 Å². The number of halogens is 3. The third-order valence-corrected chi connectivity index (χ3v) is 3.22. The van der Waals surface area contributed by atoms with Crippen LogP contribution in [-0.2, 0) is 0 Å². The van der Waals surface area contributed by atoms with Gasteiger partial charge < -0.3 is 5.73 Å². The normalized spacial score (nSPS) is 19.5. The molecule has 1 aliphatic rings. The van der Waals surface area contributed by atoms with Crippen molar-refractivity contribution in [1.82, 2.24) is 9.88 Å². The van der Waals surface area contributed by atoms with Crippen molar-refractivity contribution in [3.8, 4) is 0 Å². The molecule has 1 saturated carbocycles. The molecule has 0 saturated heterocycles. The van der Waals surface area contributed by atoms with Crippen molar-refractivity contribution < 1.29 is 13.2 Å². The van der Waals surface area contributed by atoms with Crippen molar-refractivity contribution in [2.45, 2.75) is 44.1 Å². The Morgan fingerprint density at radius 1 is 1.42 bits per heavy atom. The summed E-state index contributed by atoms with van der Waals surface area (Å²) in [6.07, 6.45) is -1.04. The van der Waals surface area contributed by atoms with Crippen molar-refractivity contribution in [2.75, 3.05) is 6.54 Å². The van der Waals surface area contributed by atoms with Crippen LogP contribution in [0.2, 0.25) is 0 Å². The minimum Gasteiger partial charge on any atom is -0.326 e.